The molecule has 0 radical (unpaired) electrons. The first-order valence-electron chi connectivity index (χ1n) is 5.09. The largest absolute Gasteiger partial charge is 0.341 e. The molecule has 0 saturated carbocycles. The minimum atomic E-state index is 0.716. The molecule has 15 heavy (non-hydrogen) atoms. The van der Waals surface area contributed by atoms with Gasteiger partial charge in [-0.05, 0) is 36.9 Å². The van der Waals surface area contributed by atoms with Gasteiger partial charge in [0.1, 0.15) is 5.82 Å². The summed E-state index contributed by atoms with van der Waals surface area (Å²) >= 11 is 1.74. The fraction of sp³-hybridized carbons (Fsp3) is 0.364. The maximum atomic E-state index is 5.46. The molecule has 80 valence electrons. The lowest BCUT2D eigenvalue weighted by Crippen LogP contribution is -2.01. The first kappa shape index (κ1) is 10.4. The van der Waals surface area contributed by atoms with Crippen LogP contribution in [0.15, 0.2) is 17.6 Å². The lowest BCUT2D eigenvalue weighted by molar-refractivity contribution is 0.794. The van der Waals surface area contributed by atoms with Crippen LogP contribution in [0.3, 0.4) is 0 Å². The zero-order valence-corrected chi connectivity index (χ0v) is 9.60. The van der Waals surface area contributed by atoms with E-state index in [2.05, 4.69) is 28.3 Å². The van der Waals surface area contributed by atoms with E-state index in [9.17, 15) is 0 Å². The number of hydrogen-bond acceptors (Lipinski definition) is 3. The number of aromatic amines is 1. The van der Waals surface area contributed by atoms with Gasteiger partial charge in [0.25, 0.3) is 0 Å². The molecule has 0 atom stereocenters. The molecule has 2 aromatic rings. The number of imidazole rings is 1. The molecule has 0 saturated heterocycles. The molecule has 3 nitrogen and oxygen atoms in total. The highest BCUT2D eigenvalue weighted by Crippen LogP contribution is 2.27. The second kappa shape index (κ2) is 4.59. The number of aryl methyl sites for hydroxylation is 2. The topological polar surface area (TPSA) is 54.7 Å². The SMILES string of the molecule is Cc1ccsc1-c1cnc(CCCN)[nH]1. The van der Waals surface area contributed by atoms with Crippen LogP contribution in [0, 0.1) is 6.92 Å². The normalized spacial score (nSPS) is 10.8. The van der Waals surface area contributed by atoms with E-state index >= 15 is 0 Å². The van der Waals surface area contributed by atoms with Crippen LogP contribution in [0.4, 0.5) is 0 Å². The Kier molecular flexibility index (Phi) is 3.18. The second-order valence-electron chi connectivity index (χ2n) is 3.57. The van der Waals surface area contributed by atoms with Gasteiger partial charge in [-0.3, -0.25) is 0 Å². The summed E-state index contributed by atoms with van der Waals surface area (Å²) in [7, 11) is 0. The number of thiophene rings is 1. The Morgan fingerprint density at radius 1 is 1.53 bits per heavy atom. The second-order valence-corrected chi connectivity index (χ2v) is 4.48. The minimum absolute atomic E-state index is 0.716. The predicted molar refractivity (Wildman–Crippen MR) is 64.0 cm³/mol. The van der Waals surface area contributed by atoms with Gasteiger partial charge in [0.15, 0.2) is 0 Å². The van der Waals surface area contributed by atoms with Gasteiger partial charge in [-0.2, -0.15) is 0 Å². The van der Waals surface area contributed by atoms with Crippen LogP contribution in [0.5, 0.6) is 0 Å². The molecule has 0 amide bonds. The summed E-state index contributed by atoms with van der Waals surface area (Å²) in [6.45, 7) is 2.83. The Morgan fingerprint density at radius 3 is 3.07 bits per heavy atom. The Labute approximate surface area is 93.4 Å². The molecule has 0 bridgehead atoms. The number of nitrogens with zero attached hydrogens (tertiary/aromatic N) is 1. The number of rotatable bonds is 4. The number of nitrogens with two attached hydrogens (primary N) is 1. The zero-order valence-electron chi connectivity index (χ0n) is 8.79. The van der Waals surface area contributed by atoms with E-state index in [4.69, 9.17) is 5.73 Å². The molecule has 3 N–H and O–H groups in total. The molecular weight excluding hydrogens is 206 g/mol. The fourth-order valence-corrected chi connectivity index (χ4v) is 2.42. The van der Waals surface area contributed by atoms with Crippen molar-refractivity contribution in [1.82, 2.24) is 9.97 Å². The van der Waals surface area contributed by atoms with E-state index in [1.807, 2.05) is 6.20 Å². The van der Waals surface area contributed by atoms with E-state index in [1.54, 1.807) is 11.3 Å². The predicted octanol–water partition coefficient (Wildman–Crippen LogP) is 2.34. The van der Waals surface area contributed by atoms with E-state index in [1.165, 1.54) is 10.4 Å². The lowest BCUT2D eigenvalue weighted by Gasteiger charge is -1.95. The molecule has 0 unspecified atom stereocenters. The summed E-state index contributed by atoms with van der Waals surface area (Å²) < 4.78 is 0. The highest BCUT2D eigenvalue weighted by Gasteiger charge is 2.06. The van der Waals surface area contributed by atoms with Gasteiger partial charge < -0.3 is 10.7 Å². The van der Waals surface area contributed by atoms with Gasteiger partial charge in [-0.25, -0.2) is 4.98 Å². The van der Waals surface area contributed by atoms with Gasteiger partial charge in [0.2, 0.25) is 0 Å². The summed E-state index contributed by atoms with van der Waals surface area (Å²) in [6, 6.07) is 2.13. The zero-order chi connectivity index (χ0) is 10.7. The van der Waals surface area contributed by atoms with Crippen LogP contribution < -0.4 is 5.73 Å². The van der Waals surface area contributed by atoms with Crippen molar-refractivity contribution in [2.75, 3.05) is 6.54 Å². The highest BCUT2D eigenvalue weighted by molar-refractivity contribution is 7.13. The molecule has 0 fully saturated rings. The molecule has 2 aromatic heterocycles. The monoisotopic (exact) mass is 221 g/mol. The first-order chi connectivity index (χ1) is 7.31. The van der Waals surface area contributed by atoms with Crippen LogP contribution in [0.1, 0.15) is 17.8 Å². The molecule has 0 aliphatic rings. The number of aromatic nitrogens is 2. The van der Waals surface area contributed by atoms with Crippen LogP contribution in [0.25, 0.3) is 10.6 Å². The molecular formula is C11H15N3S. The Morgan fingerprint density at radius 2 is 2.40 bits per heavy atom. The molecule has 2 heterocycles. The number of nitrogens with one attached hydrogen (secondary N) is 1. The third-order valence-electron chi connectivity index (χ3n) is 2.35. The molecule has 0 aromatic carbocycles. The van der Waals surface area contributed by atoms with Gasteiger partial charge in [0.05, 0.1) is 16.8 Å². The van der Waals surface area contributed by atoms with Gasteiger partial charge in [-0.15, -0.1) is 11.3 Å². The van der Waals surface area contributed by atoms with E-state index < -0.39 is 0 Å². The van der Waals surface area contributed by atoms with Crippen LogP contribution in [-0.2, 0) is 6.42 Å². The number of H-pyrrole nitrogens is 1. The van der Waals surface area contributed by atoms with Crippen LogP contribution >= 0.6 is 11.3 Å². The molecule has 4 heteroatoms. The average molecular weight is 221 g/mol. The average Bonchev–Trinajstić information content (AvgIpc) is 2.83. The van der Waals surface area contributed by atoms with E-state index in [-0.39, 0.29) is 0 Å². The van der Waals surface area contributed by atoms with Crippen molar-refractivity contribution in [3.05, 3.63) is 29.0 Å². The fourth-order valence-electron chi connectivity index (χ4n) is 1.52. The highest BCUT2D eigenvalue weighted by atomic mass is 32.1. The summed E-state index contributed by atoms with van der Waals surface area (Å²) in [5, 5.41) is 2.10. The van der Waals surface area contributed by atoms with Crippen LogP contribution in [0.2, 0.25) is 0 Å². The van der Waals surface area contributed by atoms with Gasteiger partial charge in [-0.1, -0.05) is 0 Å². The minimum Gasteiger partial charge on any atom is -0.341 e. The Bertz CT molecular complexity index is 430. The third-order valence-corrected chi connectivity index (χ3v) is 3.40. The van der Waals surface area contributed by atoms with Crippen molar-refractivity contribution in [2.45, 2.75) is 19.8 Å². The summed E-state index contributed by atoms with van der Waals surface area (Å²) in [5.74, 6) is 1.03. The van der Waals surface area contributed by atoms with E-state index in [0.29, 0.717) is 6.54 Å². The van der Waals surface area contributed by atoms with Crippen molar-refractivity contribution in [3.8, 4) is 10.6 Å². The van der Waals surface area contributed by atoms with Crippen LogP contribution in [-0.4, -0.2) is 16.5 Å². The summed E-state index contributed by atoms with van der Waals surface area (Å²) in [5.41, 5.74) is 7.88. The molecule has 0 spiro atoms. The Hall–Kier alpha value is -1.13. The van der Waals surface area contributed by atoms with Gasteiger partial charge >= 0.3 is 0 Å². The Balaban J connectivity index is 2.17. The third kappa shape index (κ3) is 2.27. The standard InChI is InChI=1S/C11H15N3S/c1-8-4-6-15-11(8)9-7-13-10(14-9)3-2-5-12/h4,6-7H,2-3,5,12H2,1H3,(H,13,14). The maximum Gasteiger partial charge on any atom is 0.106 e. The van der Waals surface area contributed by atoms with Crippen molar-refractivity contribution < 1.29 is 0 Å². The van der Waals surface area contributed by atoms with Crippen molar-refractivity contribution >= 4 is 11.3 Å². The molecule has 0 aliphatic carbocycles. The lowest BCUT2D eigenvalue weighted by atomic mass is 10.2. The smallest absolute Gasteiger partial charge is 0.106 e. The number of hydrogen-bond donors (Lipinski definition) is 2. The van der Waals surface area contributed by atoms with Crippen molar-refractivity contribution in [2.24, 2.45) is 5.73 Å². The van der Waals surface area contributed by atoms with Gasteiger partial charge in [0, 0.05) is 6.42 Å². The van der Waals surface area contributed by atoms with Crippen molar-refractivity contribution in [1.29, 1.82) is 0 Å². The first-order valence-corrected chi connectivity index (χ1v) is 5.97. The maximum absolute atomic E-state index is 5.46. The van der Waals surface area contributed by atoms with E-state index in [0.717, 1.165) is 24.4 Å². The summed E-state index contributed by atoms with van der Waals surface area (Å²) in [4.78, 5) is 8.96. The molecule has 0 aliphatic heterocycles. The molecule has 2 rings (SSSR count). The summed E-state index contributed by atoms with van der Waals surface area (Å²) in [6.07, 6.45) is 3.82. The quantitative estimate of drug-likeness (QED) is 0.832. The van der Waals surface area contributed by atoms with Crippen molar-refractivity contribution in [3.63, 3.8) is 0 Å².